The largest absolute Gasteiger partial charge is 0.508 e. The molecule has 1 aromatic rings. The average molecular weight is 270 g/mol. The monoisotopic (exact) mass is 270 g/mol. The van der Waals surface area contributed by atoms with Gasteiger partial charge in [-0.25, -0.2) is 0 Å². The van der Waals surface area contributed by atoms with E-state index in [-0.39, 0.29) is 10.9 Å². The fourth-order valence-electron chi connectivity index (χ4n) is 1.59. The van der Waals surface area contributed by atoms with Gasteiger partial charge in [0, 0.05) is 18.2 Å². The maximum Gasteiger partial charge on any atom is 0.185 e. The molecule has 2 atom stereocenters. The van der Waals surface area contributed by atoms with Gasteiger partial charge >= 0.3 is 0 Å². The number of hydrogen-bond acceptors (Lipinski definition) is 5. The van der Waals surface area contributed by atoms with E-state index in [2.05, 4.69) is 0 Å². The quantitative estimate of drug-likeness (QED) is 0.760. The summed E-state index contributed by atoms with van der Waals surface area (Å²) >= 11 is 1.11. The highest BCUT2D eigenvalue weighted by atomic mass is 32.2. The third-order valence-electron chi connectivity index (χ3n) is 2.59. The second-order valence-corrected chi connectivity index (χ2v) is 5.48. The molecule has 100 valence electrons. The molecule has 0 aliphatic carbocycles. The molecule has 1 rings (SSSR count). The lowest BCUT2D eigenvalue weighted by Crippen LogP contribution is -2.19. The predicted molar refractivity (Wildman–Crippen MR) is 71.6 cm³/mol. The van der Waals surface area contributed by atoms with Gasteiger partial charge in [0.15, 0.2) is 5.12 Å². The summed E-state index contributed by atoms with van der Waals surface area (Å²) in [5, 5.41) is 29.4. The first-order chi connectivity index (χ1) is 8.41. The number of aliphatic hydroxyl groups is 2. The molecule has 0 saturated heterocycles. The second kappa shape index (κ2) is 6.78. The van der Waals surface area contributed by atoms with Crippen molar-refractivity contribution in [1.82, 2.24) is 0 Å². The first-order valence-corrected chi connectivity index (χ1v) is 6.69. The fourth-order valence-corrected chi connectivity index (χ4v) is 2.24. The molecule has 1 aromatic carbocycles. The van der Waals surface area contributed by atoms with Crippen molar-refractivity contribution in [2.45, 2.75) is 32.5 Å². The highest BCUT2D eigenvalue weighted by Crippen LogP contribution is 2.28. The molecule has 4 nitrogen and oxygen atoms in total. The Bertz CT molecular complexity index is 419. The van der Waals surface area contributed by atoms with Crippen molar-refractivity contribution in [3.63, 3.8) is 0 Å². The van der Waals surface area contributed by atoms with E-state index in [0.717, 1.165) is 17.3 Å². The first kappa shape index (κ1) is 15.0. The van der Waals surface area contributed by atoms with Crippen molar-refractivity contribution in [2.75, 3.05) is 5.75 Å². The van der Waals surface area contributed by atoms with Gasteiger partial charge in [0.1, 0.15) is 11.9 Å². The molecule has 2 unspecified atom stereocenters. The molecular weight excluding hydrogens is 252 g/mol. The number of phenolic OH excluding ortho intramolecular Hbond substituents is 1. The highest BCUT2D eigenvalue weighted by Gasteiger charge is 2.21. The molecule has 0 amide bonds. The van der Waals surface area contributed by atoms with Crippen LogP contribution in [0.3, 0.4) is 0 Å². The molecule has 5 heteroatoms. The maximum absolute atomic E-state index is 10.7. The molecule has 0 aromatic heterocycles. The topological polar surface area (TPSA) is 77.8 Å². The van der Waals surface area contributed by atoms with E-state index in [1.54, 1.807) is 12.1 Å². The van der Waals surface area contributed by atoms with Crippen LogP contribution in [0.15, 0.2) is 18.2 Å². The van der Waals surface area contributed by atoms with E-state index < -0.39 is 12.2 Å². The fraction of sp³-hybridized carbons (Fsp3) is 0.462. The van der Waals surface area contributed by atoms with E-state index in [4.69, 9.17) is 0 Å². The minimum atomic E-state index is -1.14. The Balaban J connectivity index is 2.62. The Morgan fingerprint density at radius 2 is 2.06 bits per heavy atom. The molecule has 0 aliphatic rings. The number of aliphatic hydroxyl groups excluding tert-OH is 2. The molecule has 0 bridgehead atoms. The minimum absolute atomic E-state index is 0.0186. The summed E-state index contributed by atoms with van der Waals surface area (Å²) in [6.07, 6.45) is -1.85. The lowest BCUT2D eigenvalue weighted by molar-refractivity contribution is -0.109. The summed E-state index contributed by atoms with van der Waals surface area (Å²) in [4.78, 5) is 10.7. The van der Waals surface area contributed by atoms with E-state index in [1.165, 1.54) is 13.0 Å². The first-order valence-electron chi connectivity index (χ1n) is 5.71. The van der Waals surface area contributed by atoms with Crippen LogP contribution in [0, 0.1) is 6.92 Å². The Hall–Kier alpha value is -1.04. The van der Waals surface area contributed by atoms with Gasteiger partial charge in [-0.15, -0.1) is 0 Å². The van der Waals surface area contributed by atoms with Crippen LogP contribution in [0.1, 0.15) is 30.6 Å². The predicted octanol–water partition coefficient (Wildman–Crippen LogP) is 1.76. The Labute approximate surface area is 111 Å². The van der Waals surface area contributed by atoms with Crippen molar-refractivity contribution in [2.24, 2.45) is 0 Å². The number of aromatic hydroxyl groups is 1. The summed E-state index contributed by atoms with van der Waals surface area (Å²) < 4.78 is 0. The summed E-state index contributed by atoms with van der Waals surface area (Å²) in [5.41, 5.74) is 1.19. The van der Waals surface area contributed by atoms with Gasteiger partial charge in [-0.3, -0.25) is 4.79 Å². The molecule has 3 N–H and O–H groups in total. The number of aryl methyl sites for hydroxylation is 1. The molecule has 0 radical (unpaired) electrons. The van der Waals surface area contributed by atoms with Gasteiger partial charge in [0.05, 0.1) is 6.10 Å². The summed E-state index contributed by atoms with van der Waals surface area (Å²) in [7, 11) is 0. The van der Waals surface area contributed by atoms with Crippen LogP contribution in [0.25, 0.3) is 0 Å². The molecule has 0 fully saturated rings. The highest BCUT2D eigenvalue weighted by molar-refractivity contribution is 8.13. The zero-order valence-corrected chi connectivity index (χ0v) is 11.3. The average Bonchev–Trinajstić information content (AvgIpc) is 2.27. The second-order valence-electron chi connectivity index (χ2n) is 4.20. The summed E-state index contributed by atoms with van der Waals surface area (Å²) in [6.45, 7) is 3.29. The van der Waals surface area contributed by atoms with Gasteiger partial charge in [0.2, 0.25) is 0 Å². The van der Waals surface area contributed by atoms with Crippen molar-refractivity contribution >= 4 is 16.9 Å². The standard InChI is InChI=1S/C13H18O4S/c1-8-3-4-10(12(16)7-8)13(17)11(15)5-6-18-9(2)14/h3-4,7,11,13,15-17H,5-6H2,1-2H3. The van der Waals surface area contributed by atoms with Crippen LogP contribution in [0.2, 0.25) is 0 Å². The van der Waals surface area contributed by atoms with Crippen molar-refractivity contribution in [1.29, 1.82) is 0 Å². The van der Waals surface area contributed by atoms with E-state index >= 15 is 0 Å². The number of benzene rings is 1. The number of thioether (sulfide) groups is 1. The SMILES string of the molecule is CC(=O)SCCC(O)C(O)c1ccc(C)cc1O. The molecule has 0 saturated carbocycles. The number of carbonyl (C=O) groups excluding carboxylic acids is 1. The normalized spacial score (nSPS) is 14.2. The minimum Gasteiger partial charge on any atom is -0.508 e. The van der Waals surface area contributed by atoms with Crippen LogP contribution in [-0.2, 0) is 4.79 Å². The number of hydrogen-bond donors (Lipinski definition) is 3. The molecule has 18 heavy (non-hydrogen) atoms. The Morgan fingerprint density at radius 3 is 2.61 bits per heavy atom. The third-order valence-corrected chi connectivity index (χ3v) is 3.43. The number of carbonyl (C=O) groups is 1. The van der Waals surface area contributed by atoms with Crippen LogP contribution in [0.4, 0.5) is 0 Å². The van der Waals surface area contributed by atoms with Crippen molar-refractivity contribution in [3.05, 3.63) is 29.3 Å². The maximum atomic E-state index is 10.7. The summed E-state index contributed by atoms with van der Waals surface area (Å²) in [6, 6.07) is 4.89. The molecule has 0 spiro atoms. The number of phenols is 1. The lowest BCUT2D eigenvalue weighted by atomic mass is 10.0. The van der Waals surface area contributed by atoms with Crippen LogP contribution in [0.5, 0.6) is 5.75 Å². The van der Waals surface area contributed by atoms with Crippen LogP contribution < -0.4 is 0 Å². The summed E-state index contributed by atoms with van der Waals surface area (Å²) in [5.74, 6) is 0.418. The zero-order chi connectivity index (χ0) is 13.7. The smallest absolute Gasteiger partial charge is 0.185 e. The van der Waals surface area contributed by atoms with E-state index in [1.807, 2.05) is 6.92 Å². The van der Waals surface area contributed by atoms with Gasteiger partial charge in [-0.05, 0) is 25.0 Å². The molecular formula is C13H18O4S. The molecule has 0 heterocycles. The van der Waals surface area contributed by atoms with Gasteiger partial charge < -0.3 is 15.3 Å². The van der Waals surface area contributed by atoms with Crippen LogP contribution >= 0.6 is 11.8 Å². The van der Waals surface area contributed by atoms with E-state index in [0.29, 0.717) is 17.7 Å². The molecule has 0 aliphatic heterocycles. The van der Waals surface area contributed by atoms with Gasteiger partial charge in [0.25, 0.3) is 0 Å². The zero-order valence-electron chi connectivity index (χ0n) is 10.5. The van der Waals surface area contributed by atoms with Gasteiger partial charge in [-0.2, -0.15) is 0 Å². The lowest BCUT2D eigenvalue weighted by Gasteiger charge is -2.19. The third kappa shape index (κ3) is 4.33. The Kier molecular flexibility index (Phi) is 5.65. The van der Waals surface area contributed by atoms with Crippen LogP contribution in [-0.4, -0.2) is 32.3 Å². The van der Waals surface area contributed by atoms with Crippen molar-refractivity contribution < 1.29 is 20.1 Å². The Morgan fingerprint density at radius 1 is 1.39 bits per heavy atom. The van der Waals surface area contributed by atoms with E-state index in [9.17, 15) is 20.1 Å². The number of rotatable bonds is 5. The van der Waals surface area contributed by atoms with Crippen molar-refractivity contribution in [3.8, 4) is 5.75 Å². The van der Waals surface area contributed by atoms with Gasteiger partial charge in [-0.1, -0.05) is 23.9 Å².